The van der Waals surface area contributed by atoms with Crippen molar-refractivity contribution in [2.45, 2.75) is 31.1 Å². The van der Waals surface area contributed by atoms with Crippen LogP contribution in [0.1, 0.15) is 31.2 Å². The molecule has 2 heterocycles. The fourth-order valence-electron chi connectivity index (χ4n) is 4.19. The molecule has 0 atom stereocenters. The Morgan fingerprint density at radius 2 is 1.58 bits per heavy atom. The van der Waals surface area contributed by atoms with E-state index in [2.05, 4.69) is 0 Å². The van der Waals surface area contributed by atoms with Crippen molar-refractivity contribution in [1.82, 2.24) is 9.80 Å². The van der Waals surface area contributed by atoms with E-state index in [0.717, 1.165) is 31.2 Å². The van der Waals surface area contributed by atoms with E-state index in [4.69, 9.17) is 16.3 Å². The maximum atomic E-state index is 13.1. The number of likely N-dealkylation sites (tertiary alicyclic amines) is 1. The number of carbonyl (C=O) groups excluding carboxylic acids is 2. The van der Waals surface area contributed by atoms with E-state index >= 15 is 0 Å². The van der Waals surface area contributed by atoms with E-state index < -0.39 is 0 Å². The summed E-state index contributed by atoms with van der Waals surface area (Å²) >= 11 is 5.98. The maximum absolute atomic E-state index is 13.1. The standard InChI is InChI=1S/C20H25ClN2O3/c21-17-3-1-16(2-4-17)20(7-8-20)19(25)23-9-5-15(6-10-23)18(24)22-11-13-26-14-12-22/h1-4,15H,5-14H2. The SMILES string of the molecule is O=C(C1CCN(C(=O)C2(c3ccc(Cl)cc3)CC2)CC1)N1CCOCC1. The lowest BCUT2D eigenvalue weighted by Crippen LogP contribution is -2.49. The predicted molar refractivity (Wildman–Crippen MR) is 99.1 cm³/mol. The number of nitrogens with zero attached hydrogens (tertiary/aromatic N) is 2. The molecule has 0 bridgehead atoms. The number of amides is 2. The van der Waals surface area contributed by atoms with Crippen LogP contribution in [0.4, 0.5) is 0 Å². The van der Waals surface area contributed by atoms with Gasteiger partial charge in [0.1, 0.15) is 0 Å². The molecule has 6 heteroatoms. The molecule has 26 heavy (non-hydrogen) atoms. The lowest BCUT2D eigenvalue weighted by atomic mass is 9.90. The molecule has 1 aliphatic carbocycles. The first kappa shape index (κ1) is 17.8. The molecular weight excluding hydrogens is 352 g/mol. The Morgan fingerprint density at radius 1 is 0.962 bits per heavy atom. The Labute approximate surface area is 159 Å². The van der Waals surface area contributed by atoms with Gasteiger partial charge in [-0.3, -0.25) is 9.59 Å². The summed E-state index contributed by atoms with van der Waals surface area (Å²) < 4.78 is 5.32. The highest BCUT2D eigenvalue weighted by Crippen LogP contribution is 2.50. The molecular formula is C20H25ClN2O3. The second kappa shape index (κ2) is 7.20. The van der Waals surface area contributed by atoms with Crippen molar-refractivity contribution in [2.75, 3.05) is 39.4 Å². The molecule has 4 rings (SSSR count). The van der Waals surface area contributed by atoms with Crippen LogP contribution in [0.5, 0.6) is 0 Å². The fourth-order valence-corrected chi connectivity index (χ4v) is 4.32. The van der Waals surface area contributed by atoms with Crippen LogP contribution in [-0.4, -0.2) is 61.0 Å². The van der Waals surface area contributed by atoms with Gasteiger partial charge in [0.2, 0.25) is 11.8 Å². The molecule has 1 aromatic carbocycles. The third kappa shape index (κ3) is 3.35. The van der Waals surface area contributed by atoms with Gasteiger partial charge in [-0.25, -0.2) is 0 Å². The Balaban J connectivity index is 1.36. The zero-order valence-electron chi connectivity index (χ0n) is 15.0. The van der Waals surface area contributed by atoms with Crippen LogP contribution >= 0.6 is 11.6 Å². The Hall–Kier alpha value is -1.59. The van der Waals surface area contributed by atoms with Gasteiger partial charge in [-0.15, -0.1) is 0 Å². The van der Waals surface area contributed by atoms with Crippen molar-refractivity contribution in [1.29, 1.82) is 0 Å². The second-order valence-electron chi connectivity index (χ2n) is 7.59. The first-order valence-electron chi connectivity index (χ1n) is 9.52. The largest absolute Gasteiger partial charge is 0.378 e. The normalized spacial score (nSPS) is 23.0. The van der Waals surface area contributed by atoms with Gasteiger partial charge >= 0.3 is 0 Å². The van der Waals surface area contributed by atoms with Gasteiger partial charge in [-0.2, -0.15) is 0 Å². The summed E-state index contributed by atoms with van der Waals surface area (Å²) in [5.41, 5.74) is 0.712. The Bertz CT molecular complexity index is 673. The minimum Gasteiger partial charge on any atom is -0.378 e. The summed E-state index contributed by atoms with van der Waals surface area (Å²) in [6, 6.07) is 7.67. The van der Waals surface area contributed by atoms with Gasteiger partial charge in [0.25, 0.3) is 0 Å². The number of benzene rings is 1. The number of rotatable bonds is 3. The second-order valence-corrected chi connectivity index (χ2v) is 8.03. The molecule has 0 aromatic heterocycles. The molecule has 1 saturated carbocycles. The van der Waals surface area contributed by atoms with Crippen LogP contribution in [0.2, 0.25) is 5.02 Å². The Morgan fingerprint density at radius 3 is 2.15 bits per heavy atom. The molecule has 0 radical (unpaired) electrons. The zero-order chi connectivity index (χ0) is 18.1. The summed E-state index contributed by atoms with van der Waals surface area (Å²) in [7, 11) is 0. The number of carbonyl (C=O) groups is 2. The first-order chi connectivity index (χ1) is 12.6. The van der Waals surface area contributed by atoms with Crippen LogP contribution in [0.3, 0.4) is 0 Å². The summed E-state index contributed by atoms with van der Waals surface area (Å²) in [6.07, 6.45) is 3.33. The predicted octanol–water partition coefficient (Wildman–Crippen LogP) is 2.47. The van der Waals surface area contributed by atoms with Gasteiger partial charge in [-0.1, -0.05) is 23.7 Å². The summed E-state index contributed by atoms with van der Waals surface area (Å²) in [4.78, 5) is 29.7. The van der Waals surface area contributed by atoms with Crippen LogP contribution in [0, 0.1) is 5.92 Å². The van der Waals surface area contributed by atoms with Gasteiger partial charge in [0.05, 0.1) is 18.6 Å². The molecule has 2 amide bonds. The highest BCUT2D eigenvalue weighted by molar-refractivity contribution is 6.30. The van der Waals surface area contributed by atoms with E-state index in [9.17, 15) is 9.59 Å². The number of halogens is 1. The summed E-state index contributed by atoms with van der Waals surface area (Å²) in [5, 5.41) is 0.694. The lowest BCUT2D eigenvalue weighted by molar-refractivity contribution is -0.144. The topological polar surface area (TPSA) is 49.9 Å². The van der Waals surface area contributed by atoms with E-state index in [1.807, 2.05) is 34.1 Å². The van der Waals surface area contributed by atoms with Crippen LogP contribution in [-0.2, 0) is 19.7 Å². The number of piperidine rings is 1. The van der Waals surface area contributed by atoms with Gasteiger partial charge in [0, 0.05) is 37.1 Å². The minimum atomic E-state index is -0.356. The van der Waals surface area contributed by atoms with Crippen molar-refractivity contribution in [2.24, 2.45) is 5.92 Å². The smallest absolute Gasteiger partial charge is 0.233 e. The van der Waals surface area contributed by atoms with Crippen LogP contribution in [0.25, 0.3) is 0 Å². The lowest BCUT2D eigenvalue weighted by Gasteiger charge is -2.37. The molecule has 5 nitrogen and oxygen atoms in total. The fraction of sp³-hybridized carbons (Fsp3) is 0.600. The highest BCUT2D eigenvalue weighted by atomic mass is 35.5. The molecule has 0 N–H and O–H groups in total. The highest BCUT2D eigenvalue weighted by Gasteiger charge is 2.53. The van der Waals surface area contributed by atoms with Crippen molar-refractivity contribution >= 4 is 23.4 Å². The maximum Gasteiger partial charge on any atom is 0.233 e. The number of ether oxygens (including phenoxy) is 1. The van der Waals surface area contributed by atoms with Gasteiger partial charge in [-0.05, 0) is 43.4 Å². The van der Waals surface area contributed by atoms with Crippen LogP contribution in [0.15, 0.2) is 24.3 Å². The number of hydrogen-bond acceptors (Lipinski definition) is 3. The van der Waals surface area contributed by atoms with E-state index in [-0.39, 0.29) is 23.1 Å². The van der Waals surface area contributed by atoms with Crippen molar-refractivity contribution in [3.63, 3.8) is 0 Å². The monoisotopic (exact) mass is 376 g/mol. The van der Waals surface area contributed by atoms with E-state index in [1.165, 1.54) is 0 Å². The van der Waals surface area contributed by atoms with Crippen molar-refractivity contribution in [3.05, 3.63) is 34.9 Å². The molecule has 2 saturated heterocycles. The molecule has 140 valence electrons. The van der Waals surface area contributed by atoms with Crippen LogP contribution < -0.4 is 0 Å². The molecule has 3 aliphatic rings. The minimum absolute atomic E-state index is 0.0443. The Kier molecular flexibility index (Phi) is 4.93. The van der Waals surface area contributed by atoms with Crippen molar-refractivity contribution in [3.8, 4) is 0 Å². The summed E-state index contributed by atoms with van der Waals surface area (Å²) in [5.74, 6) is 0.499. The van der Waals surface area contributed by atoms with Crippen molar-refractivity contribution < 1.29 is 14.3 Å². The first-order valence-corrected chi connectivity index (χ1v) is 9.90. The van der Waals surface area contributed by atoms with Gasteiger partial charge < -0.3 is 14.5 Å². The molecule has 3 fully saturated rings. The summed E-state index contributed by atoms with van der Waals surface area (Å²) in [6.45, 7) is 4.00. The molecule has 0 spiro atoms. The molecule has 1 aromatic rings. The number of hydrogen-bond donors (Lipinski definition) is 0. The average Bonchev–Trinajstić information content (AvgIpc) is 3.50. The zero-order valence-corrected chi connectivity index (χ0v) is 15.7. The number of morpholine rings is 1. The third-order valence-electron chi connectivity index (χ3n) is 6.01. The van der Waals surface area contributed by atoms with E-state index in [0.29, 0.717) is 44.4 Å². The van der Waals surface area contributed by atoms with E-state index in [1.54, 1.807) is 0 Å². The van der Waals surface area contributed by atoms with Gasteiger partial charge in [0.15, 0.2) is 0 Å². The molecule has 2 aliphatic heterocycles. The quantitative estimate of drug-likeness (QED) is 0.814. The molecule has 0 unspecified atom stereocenters. The third-order valence-corrected chi connectivity index (χ3v) is 6.26. The average molecular weight is 377 g/mol.